The second-order valence-corrected chi connectivity index (χ2v) is 11.6. The number of hydrogen-bond donors (Lipinski definition) is 5. The summed E-state index contributed by atoms with van der Waals surface area (Å²) in [4.78, 5) is 47.7. The van der Waals surface area contributed by atoms with Crippen LogP contribution in [0.3, 0.4) is 0 Å². The minimum atomic E-state index is -1.26. The maximum absolute atomic E-state index is 12.9. The molecule has 1 fully saturated rings. The zero-order valence-corrected chi connectivity index (χ0v) is 21.6. The number of pyridine rings is 1. The molecule has 0 bridgehead atoms. The number of carboxylic acid groups (broad SMARTS) is 1. The molecule has 0 saturated carbocycles. The first-order chi connectivity index (χ1) is 17.3. The second-order valence-electron chi connectivity index (χ2n) is 7.25. The summed E-state index contributed by atoms with van der Waals surface area (Å²) in [7, 11) is 0. The minimum absolute atomic E-state index is 0.0255. The minimum Gasteiger partial charge on any atom is -0.477 e. The van der Waals surface area contributed by atoms with E-state index in [0.717, 1.165) is 33.9 Å². The molecule has 0 radical (unpaired) electrons. The Labute approximate surface area is 221 Å². The Morgan fingerprint density at radius 3 is 2.83 bits per heavy atom. The van der Waals surface area contributed by atoms with Gasteiger partial charge in [-0.25, -0.2) is 14.8 Å². The molecule has 7 N–H and O–H groups in total. The normalized spacial score (nSPS) is 19.6. The van der Waals surface area contributed by atoms with Gasteiger partial charge < -0.3 is 27.1 Å². The van der Waals surface area contributed by atoms with E-state index in [9.17, 15) is 24.7 Å². The van der Waals surface area contributed by atoms with Gasteiger partial charge in [-0.15, -0.1) is 11.8 Å². The highest BCUT2D eigenvalue weighted by Crippen LogP contribution is 2.45. The van der Waals surface area contributed by atoms with E-state index >= 15 is 0 Å². The van der Waals surface area contributed by atoms with Crippen LogP contribution in [0, 0.1) is 0 Å². The third kappa shape index (κ3) is 5.44. The molecule has 2 amide bonds. The number of thioether (sulfide) groups is 3. The van der Waals surface area contributed by atoms with E-state index in [1.54, 1.807) is 11.8 Å². The van der Waals surface area contributed by atoms with Crippen LogP contribution in [0.4, 0.5) is 5.82 Å². The van der Waals surface area contributed by atoms with Crippen molar-refractivity contribution in [3.8, 4) is 0 Å². The fourth-order valence-corrected chi connectivity index (χ4v) is 7.35. The monoisotopic (exact) mass is 568 g/mol. The fraction of sp³-hybridized carbons (Fsp3) is 0.316. The number of anilines is 1. The molecule has 36 heavy (non-hydrogen) atoms. The molecular formula is C19H20N8O5S4. The molecule has 2 atom stereocenters. The second kappa shape index (κ2) is 11.5. The summed E-state index contributed by atoms with van der Waals surface area (Å²) in [5.41, 5.74) is 10.6. The van der Waals surface area contributed by atoms with Gasteiger partial charge in [0.05, 0.1) is 5.75 Å². The number of rotatable bonds is 10. The van der Waals surface area contributed by atoms with Crippen LogP contribution in [0.5, 0.6) is 0 Å². The number of carbonyl (C=O) groups is 3. The van der Waals surface area contributed by atoms with Gasteiger partial charge in [-0.2, -0.15) is 16.1 Å². The summed E-state index contributed by atoms with van der Waals surface area (Å²) < 4.78 is 4.86. The zero-order chi connectivity index (χ0) is 25.8. The standard InChI is InChI=1S/C19H20N8O5S4/c20-4-5-33-7-11-23-19(36-26-11)35-9-6-34-17-13(16(29)27(17)14(9)18(30)31)24-15(28)12(25-32)8-2-1-3-10(21)22-8/h1-3,13,17,32H,4-7,20H2,(H2,21,22)(H,24,28)(H,30,31)/b25-12+/t13-,17-/m1/s1. The topological polar surface area (TPSA) is 210 Å². The number of amides is 2. The molecule has 17 heteroatoms. The van der Waals surface area contributed by atoms with Crippen LogP contribution in [0.2, 0.25) is 0 Å². The number of fused-ring (bicyclic) bond motifs is 1. The lowest BCUT2D eigenvalue weighted by Gasteiger charge is -2.49. The number of hydrogen-bond acceptors (Lipinski definition) is 14. The molecular weight excluding hydrogens is 549 g/mol. The molecule has 0 aromatic carbocycles. The van der Waals surface area contributed by atoms with Gasteiger partial charge in [0.1, 0.15) is 28.6 Å². The van der Waals surface area contributed by atoms with Crippen molar-refractivity contribution in [2.75, 3.05) is 23.8 Å². The SMILES string of the molecule is NCCSCc1nsc(SC2=C(C(=O)O)N3C(=O)[C@@H](NC(=O)/C(=N/O)c4cccc(N)n4)[C@H]3SC2)n1. The third-order valence-corrected chi connectivity index (χ3v) is 9.23. The van der Waals surface area contributed by atoms with Gasteiger partial charge in [0.15, 0.2) is 15.9 Å². The molecule has 190 valence electrons. The van der Waals surface area contributed by atoms with E-state index in [-0.39, 0.29) is 17.2 Å². The highest BCUT2D eigenvalue weighted by Gasteiger charge is 2.54. The molecule has 13 nitrogen and oxygen atoms in total. The summed E-state index contributed by atoms with van der Waals surface area (Å²) in [6.45, 7) is 0.556. The van der Waals surface area contributed by atoms with Crippen LogP contribution < -0.4 is 16.8 Å². The lowest BCUT2D eigenvalue weighted by molar-refractivity contribution is -0.150. The number of nitrogen functional groups attached to an aromatic ring is 1. The van der Waals surface area contributed by atoms with Crippen molar-refractivity contribution in [3.63, 3.8) is 0 Å². The number of oxime groups is 1. The summed E-state index contributed by atoms with van der Waals surface area (Å²) in [6, 6.07) is 3.46. The molecule has 2 aliphatic heterocycles. The van der Waals surface area contributed by atoms with Gasteiger partial charge in [0.25, 0.3) is 11.8 Å². The van der Waals surface area contributed by atoms with Crippen molar-refractivity contribution in [1.29, 1.82) is 0 Å². The Hall–Kier alpha value is -2.86. The van der Waals surface area contributed by atoms with Crippen molar-refractivity contribution < 1.29 is 24.7 Å². The first-order valence-electron chi connectivity index (χ1n) is 10.3. The predicted octanol–water partition coefficient (Wildman–Crippen LogP) is 0.374. The average molecular weight is 569 g/mol. The number of β-lactam (4-membered cyclic amide) rings is 1. The van der Waals surface area contributed by atoms with Crippen LogP contribution in [0.15, 0.2) is 38.3 Å². The summed E-state index contributed by atoms with van der Waals surface area (Å²) in [6.07, 6.45) is 0. The molecule has 2 aromatic heterocycles. The van der Waals surface area contributed by atoms with Crippen molar-refractivity contribution >= 4 is 76.1 Å². The van der Waals surface area contributed by atoms with Crippen LogP contribution in [0.25, 0.3) is 0 Å². The number of nitrogens with zero attached hydrogens (tertiary/aromatic N) is 5. The highest BCUT2D eigenvalue weighted by molar-refractivity contribution is 8.07. The third-order valence-electron chi connectivity index (χ3n) is 4.90. The maximum Gasteiger partial charge on any atom is 0.353 e. The smallest absolute Gasteiger partial charge is 0.353 e. The van der Waals surface area contributed by atoms with Gasteiger partial charge in [-0.3, -0.25) is 14.5 Å². The Kier molecular flexibility index (Phi) is 8.35. The van der Waals surface area contributed by atoms with E-state index in [2.05, 4.69) is 24.8 Å². The lowest BCUT2D eigenvalue weighted by Crippen LogP contribution is -2.71. The Bertz CT molecular complexity index is 1250. The number of aromatic nitrogens is 3. The Balaban J connectivity index is 1.47. The van der Waals surface area contributed by atoms with E-state index in [1.807, 2.05) is 0 Å². The number of carbonyl (C=O) groups excluding carboxylic acids is 2. The molecule has 0 aliphatic carbocycles. The van der Waals surface area contributed by atoms with Gasteiger partial charge in [0.2, 0.25) is 0 Å². The Morgan fingerprint density at radius 2 is 2.14 bits per heavy atom. The number of carboxylic acids is 1. The summed E-state index contributed by atoms with van der Waals surface area (Å²) >= 11 is 5.23. The van der Waals surface area contributed by atoms with Crippen molar-refractivity contribution in [3.05, 3.63) is 40.3 Å². The van der Waals surface area contributed by atoms with Gasteiger partial charge >= 0.3 is 5.97 Å². The molecule has 2 aromatic rings. The van der Waals surface area contributed by atoms with E-state index in [0.29, 0.717) is 33.1 Å². The highest BCUT2D eigenvalue weighted by atomic mass is 32.2. The molecule has 1 saturated heterocycles. The van der Waals surface area contributed by atoms with Crippen molar-refractivity contribution in [2.45, 2.75) is 21.5 Å². The van der Waals surface area contributed by atoms with Gasteiger partial charge in [0, 0.05) is 23.0 Å². The molecule has 0 unspecified atom stereocenters. The van der Waals surface area contributed by atoms with Crippen molar-refractivity contribution in [2.24, 2.45) is 10.9 Å². The Morgan fingerprint density at radius 1 is 1.33 bits per heavy atom. The average Bonchev–Trinajstić information content (AvgIpc) is 3.30. The number of nitrogens with two attached hydrogens (primary N) is 2. The van der Waals surface area contributed by atoms with E-state index < -0.39 is 34.9 Å². The van der Waals surface area contributed by atoms with Crippen LogP contribution in [-0.2, 0) is 20.1 Å². The van der Waals surface area contributed by atoms with Gasteiger partial charge in [-0.05, 0) is 23.7 Å². The lowest BCUT2D eigenvalue weighted by atomic mass is 10.0. The molecule has 4 heterocycles. The van der Waals surface area contributed by atoms with Gasteiger partial charge in [-0.1, -0.05) is 23.0 Å². The molecule has 0 spiro atoms. The fourth-order valence-electron chi connectivity index (χ4n) is 3.37. The number of nitrogens with one attached hydrogen (secondary N) is 1. The zero-order valence-electron chi connectivity index (χ0n) is 18.4. The largest absolute Gasteiger partial charge is 0.477 e. The van der Waals surface area contributed by atoms with Crippen LogP contribution in [0.1, 0.15) is 11.5 Å². The number of aliphatic carboxylic acids is 1. The first kappa shape index (κ1) is 26.2. The predicted molar refractivity (Wildman–Crippen MR) is 138 cm³/mol. The van der Waals surface area contributed by atoms with E-state index in [1.165, 1.54) is 30.0 Å². The van der Waals surface area contributed by atoms with Crippen molar-refractivity contribution in [1.82, 2.24) is 24.6 Å². The molecule has 4 rings (SSSR count). The van der Waals surface area contributed by atoms with E-state index in [4.69, 9.17) is 11.5 Å². The first-order valence-corrected chi connectivity index (χ1v) is 14.1. The van der Waals surface area contributed by atoms with Crippen LogP contribution in [-0.4, -0.2) is 82.5 Å². The maximum atomic E-state index is 12.9. The van der Waals surface area contributed by atoms with Crippen LogP contribution >= 0.6 is 46.8 Å². The summed E-state index contributed by atoms with van der Waals surface area (Å²) in [5, 5.41) is 24.1. The molecule has 2 aliphatic rings. The summed E-state index contributed by atoms with van der Waals surface area (Å²) in [5.74, 6) is -0.259. The quantitative estimate of drug-likeness (QED) is 0.0863.